The summed E-state index contributed by atoms with van der Waals surface area (Å²) in [6, 6.07) is 0. The Morgan fingerprint density at radius 2 is 0.500 bits per heavy atom. The molecule has 0 bridgehead atoms. The Morgan fingerprint density at radius 3 is 0.500 bits per heavy atom. The smallest absolute Gasteiger partial charge is 0.554 e. The van der Waals surface area contributed by atoms with Crippen LogP contribution in [0.15, 0.2) is 0 Å². The van der Waals surface area contributed by atoms with Crippen molar-refractivity contribution in [1.29, 1.82) is 0 Å². The molecule has 0 spiro atoms. The maximum atomic E-state index is 8.25. The second kappa shape index (κ2) is 106. The van der Waals surface area contributed by atoms with E-state index in [-0.39, 0.29) is 75.5 Å². The van der Waals surface area contributed by atoms with Crippen molar-refractivity contribution in [3.63, 3.8) is 0 Å². The first-order valence-corrected chi connectivity index (χ1v) is 1.89. The molecule has 0 saturated heterocycles. The molecule has 0 heterocycles. The Morgan fingerprint density at radius 1 is 0.500 bits per heavy atom. The predicted octanol–water partition coefficient (Wildman–Crippen LogP) is -7.30. The Labute approximate surface area is 139 Å². The standard InChI is InChI=1S/4CH2O2.2Ca/c4*2-1-3;;/h4*1H,(H,2,3);;/q;;;;2*+2/p-4. The Bertz CT molecular complexity index is 73.3. The Kier molecular flexibility index (Phi) is 279. The van der Waals surface area contributed by atoms with E-state index < -0.39 is 25.9 Å². The molecule has 0 saturated carbocycles. The maximum Gasteiger partial charge on any atom is 2.00 e. The first-order chi connectivity index (χ1) is 5.66. The van der Waals surface area contributed by atoms with E-state index in [1.807, 2.05) is 0 Å². The third kappa shape index (κ3) is 10100. The minimum absolute atomic E-state index is 0. The number of carbonyl (C=O) groups excluding carboxylic acids is 4. The molecule has 72 valence electrons. The Balaban J connectivity index is -0.0000000145. The summed E-state index contributed by atoms with van der Waals surface area (Å²) in [5.41, 5.74) is 0. The molecular formula is C4H4Ca2O8. The van der Waals surface area contributed by atoms with Gasteiger partial charge in [-0.1, -0.05) is 0 Å². The van der Waals surface area contributed by atoms with E-state index in [4.69, 9.17) is 39.6 Å². The van der Waals surface area contributed by atoms with Crippen LogP contribution in [0.2, 0.25) is 0 Å². The summed E-state index contributed by atoms with van der Waals surface area (Å²) in [5, 5.41) is 33.0. The van der Waals surface area contributed by atoms with Gasteiger partial charge in [-0.05, 0) is 0 Å². The molecule has 0 amide bonds. The van der Waals surface area contributed by atoms with Gasteiger partial charge in [-0.25, -0.2) is 0 Å². The second-order valence-electron chi connectivity index (χ2n) is 0.385. The summed E-state index contributed by atoms with van der Waals surface area (Å²) in [6.07, 6.45) is 0. The average molecular weight is 260 g/mol. The molecule has 0 rings (SSSR count). The number of carboxylic acid groups (broad SMARTS) is 4. The van der Waals surface area contributed by atoms with Crippen molar-refractivity contribution < 1.29 is 39.6 Å². The van der Waals surface area contributed by atoms with Crippen LogP contribution in [0.1, 0.15) is 0 Å². The minimum Gasteiger partial charge on any atom is -0.554 e. The molecule has 0 N–H and O–H groups in total. The molecule has 0 unspecified atom stereocenters. The second-order valence-corrected chi connectivity index (χ2v) is 0.385. The van der Waals surface area contributed by atoms with Gasteiger partial charge in [0, 0.05) is 25.9 Å². The van der Waals surface area contributed by atoms with Crippen LogP contribution >= 0.6 is 0 Å². The van der Waals surface area contributed by atoms with E-state index in [9.17, 15) is 0 Å². The first kappa shape index (κ1) is 36.6. The van der Waals surface area contributed by atoms with E-state index in [1.54, 1.807) is 0 Å². The van der Waals surface area contributed by atoms with Crippen LogP contribution in [0.4, 0.5) is 0 Å². The molecule has 0 aromatic heterocycles. The molecule has 0 aliphatic heterocycles. The number of carbonyl (C=O) groups is 4. The fourth-order valence-corrected chi connectivity index (χ4v) is 0. The monoisotopic (exact) mass is 260 g/mol. The van der Waals surface area contributed by atoms with Crippen LogP contribution in [0.25, 0.3) is 0 Å². The number of hydrogen-bond acceptors (Lipinski definition) is 8. The zero-order valence-corrected chi connectivity index (χ0v) is 11.4. The molecular weight excluding hydrogens is 256 g/mol. The summed E-state index contributed by atoms with van der Waals surface area (Å²) in [7, 11) is 0. The van der Waals surface area contributed by atoms with Gasteiger partial charge in [-0.3, -0.25) is 0 Å². The first-order valence-electron chi connectivity index (χ1n) is 1.89. The summed E-state index contributed by atoms with van der Waals surface area (Å²) in [4.78, 5) is 33.0. The van der Waals surface area contributed by atoms with Crippen LogP contribution in [-0.2, 0) is 19.2 Å². The van der Waals surface area contributed by atoms with Crippen molar-refractivity contribution in [2.45, 2.75) is 0 Å². The SMILES string of the molecule is O=C[O-].O=C[O-].O=C[O-].O=C[O-].[Ca+2].[Ca+2]. The zero-order chi connectivity index (χ0) is 10.8. The van der Waals surface area contributed by atoms with Crippen LogP contribution in [-0.4, -0.2) is 101 Å². The van der Waals surface area contributed by atoms with Gasteiger partial charge in [0.2, 0.25) is 0 Å². The van der Waals surface area contributed by atoms with Crippen molar-refractivity contribution in [1.82, 2.24) is 0 Å². The van der Waals surface area contributed by atoms with Gasteiger partial charge in [0.05, 0.1) is 0 Å². The normalized spacial score (nSPS) is 3.43. The van der Waals surface area contributed by atoms with Gasteiger partial charge in [0.15, 0.2) is 0 Å². The van der Waals surface area contributed by atoms with Crippen molar-refractivity contribution in [2.24, 2.45) is 0 Å². The minimum atomic E-state index is -0.500. The summed E-state index contributed by atoms with van der Waals surface area (Å²) in [5.74, 6) is 0. The van der Waals surface area contributed by atoms with Crippen LogP contribution < -0.4 is 20.4 Å². The quantitative estimate of drug-likeness (QED) is 0.306. The van der Waals surface area contributed by atoms with Crippen molar-refractivity contribution in [3.05, 3.63) is 0 Å². The molecule has 8 nitrogen and oxygen atoms in total. The maximum absolute atomic E-state index is 8.25. The largest absolute Gasteiger partial charge is 2.00 e. The van der Waals surface area contributed by atoms with E-state index in [1.165, 1.54) is 0 Å². The molecule has 0 aromatic carbocycles. The average Bonchev–Trinajstić information content (AvgIpc) is 1.92. The van der Waals surface area contributed by atoms with E-state index >= 15 is 0 Å². The van der Waals surface area contributed by atoms with Crippen molar-refractivity contribution in [2.75, 3.05) is 0 Å². The third-order valence-electron chi connectivity index (χ3n) is 0. The van der Waals surface area contributed by atoms with E-state index in [0.29, 0.717) is 0 Å². The van der Waals surface area contributed by atoms with Crippen LogP contribution in [0.5, 0.6) is 0 Å². The van der Waals surface area contributed by atoms with Gasteiger partial charge in [0.25, 0.3) is 0 Å². The summed E-state index contributed by atoms with van der Waals surface area (Å²) < 4.78 is 0. The van der Waals surface area contributed by atoms with Gasteiger partial charge in [-0.2, -0.15) is 0 Å². The zero-order valence-electron chi connectivity index (χ0n) is 6.99. The van der Waals surface area contributed by atoms with E-state index in [0.717, 1.165) is 0 Å². The van der Waals surface area contributed by atoms with Gasteiger partial charge in [0.1, 0.15) is 0 Å². The molecule has 14 heavy (non-hydrogen) atoms. The fourth-order valence-electron chi connectivity index (χ4n) is 0. The van der Waals surface area contributed by atoms with Gasteiger partial charge in [-0.15, -0.1) is 0 Å². The van der Waals surface area contributed by atoms with E-state index in [2.05, 4.69) is 0 Å². The topological polar surface area (TPSA) is 161 Å². The fraction of sp³-hybridized carbons (Fsp3) is 0. The number of hydrogen-bond donors (Lipinski definition) is 0. The molecule has 0 aliphatic rings. The molecule has 0 atom stereocenters. The van der Waals surface area contributed by atoms with Crippen LogP contribution in [0.3, 0.4) is 0 Å². The predicted molar refractivity (Wildman–Crippen MR) is 35.8 cm³/mol. The molecule has 0 aliphatic carbocycles. The summed E-state index contributed by atoms with van der Waals surface area (Å²) in [6.45, 7) is -2.00. The van der Waals surface area contributed by atoms with Crippen molar-refractivity contribution >= 4 is 101 Å². The van der Waals surface area contributed by atoms with Crippen molar-refractivity contribution in [3.8, 4) is 0 Å². The van der Waals surface area contributed by atoms with Crippen LogP contribution in [0, 0.1) is 0 Å². The van der Waals surface area contributed by atoms with Gasteiger partial charge >= 0.3 is 75.5 Å². The molecule has 0 fully saturated rings. The third-order valence-corrected chi connectivity index (χ3v) is 0. The molecule has 10 heteroatoms. The number of rotatable bonds is 0. The summed E-state index contributed by atoms with van der Waals surface area (Å²) >= 11 is 0. The molecule has 0 radical (unpaired) electrons. The molecule has 0 aromatic rings. The Hall–Kier alpha value is 0.399. The van der Waals surface area contributed by atoms with Gasteiger partial charge < -0.3 is 39.6 Å².